The molecule has 0 radical (unpaired) electrons. The Morgan fingerprint density at radius 2 is 1.65 bits per heavy atom. The molecule has 1 unspecified atom stereocenters. The van der Waals surface area contributed by atoms with Crippen LogP contribution < -0.4 is 0 Å². The summed E-state index contributed by atoms with van der Waals surface area (Å²) in [5.41, 5.74) is -0.0629. The third-order valence-electron chi connectivity index (χ3n) is 7.62. The highest BCUT2D eigenvalue weighted by Gasteiger charge is 2.51. The Bertz CT molecular complexity index is 551. The molecule has 0 aromatic heterocycles. The van der Waals surface area contributed by atoms with Gasteiger partial charge in [-0.05, 0) is 65.0 Å². The smallest absolute Gasteiger partial charge is 0.243 e. The first-order valence-electron chi connectivity index (χ1n) is 10.9. The average molecular weight is 362 g/mol. The number of rotatable bonds is 3. The van der Waals surface area contributed by atoms with Gasteiger partial charge in [-0.2, -0.15) is 0 Å². The maximum Gasteiger partial charge on any atom is 0.243 e. The second kappa shape index (κ2) is 7.14. The zero-order valence-electron chi connectivity index (χ0n) is 16.5. The molecule has 26 heavy (non-hydrogen) atoms. The quantitative estimate of drug-likeness (QED) is 0.776. The van der Waals surface area contributed by atoms with Crippen molar-refractivity contribution in [3.05, 3.63) is 0 Å². The van der Waals surface area contributed by atoms with Crippen molar-refractivity contribution < 1.29 is 9.59 Å². The molecule has 1 aliphatic carbocycles. The van der Waals surface area contributed by atoms with Crippen molar-refractivity contribution in [2.24, 2.45) is 5.41 Å². The lowest BCUT2D eigenvalue weighted by Crippen LogP contribution is -2.62. The van der Waals surface area contributed by atoms with Crippen LogP contribution in [0.15, 0.2) is 0 Å². The summed E-state index contributed by atoms with van der Waals surface area (Å²) in [5.74, 6) is 0.710. The van der Waals surface area contributed by atoms with Gasteiger partial charge in [-0.1, -0.05) is 12.8 Å². The summed E-state index contributed by atoms with van der Waals surface area (Å²) in [6, 6.07) is 0. The molecule has 4 aliphatic rings. The fourth-order valence-electron chi connectivity index (χ4n) is 6.17. The Morgan fingerprint density at radius 3 is 2.35 bits per heavy atom. The maximum atomic E-state index is 13.8. The molecule has 3 aliphatic heterocycles. The summed E-state index contributed by atoms with van der Waals surface area (Å²) >= 11 is 0. The molecule has 4 fully saturated rings. The number of amides is 2. The van der Waals surface area contributed by atoms with Crippen LogP contribution in [0.5, 0.6) is 0 Å². The Morgan fingerprint density at radius 1 is 0.923 bits per heavy atom. The van der Waals surface area contributed by atoms with Gasteiger partial charge in [-0.15, -0.1) is 0 Å². The summed E-state index contributed by atoms with van der Waals surface area (Å²) < 4.78 is 0. The summed E-state index contributed by atoms with van der Waals surface area (Å²) in [7, 11) is 0. The highest BCUT2D eigenvalue weighted by atomic mass is 16.2. The van der Waals surface area contributed by atoms with Crippen molar-refractivity contribution in [3.8, 4) is 0 Å². The molecule has 0 aromatic carbocycles. The standard InChI is InChI=1S/C21H35N3O2/c1-2-22-16-20(12-8-18(22)25)9-7-13-23(17-20)19(26)21(10-3-4-11-21)24-14-5-6-15-24/h2-17H2,1H3. The normalized spacial score (nSPS) is 32.6. The zero-order chi connectivity index (χ0) is 18.2. The lowest BCUT2D eigenvalue weighted by molar-refractivity contribution is -0.151. The minimum absolute atomic E-state index is 0.142. The van der Waals surface area contributed by atoms with E-state index < -0.39 is 0 Å². The Labute approximate surface area is 158 Å². The molecule has 0 aromatic rings. The summed E-state index contributed by atoms with van der Waals surface area (Å²) in [5, 5.41) is 0. The monoisotopic (exact) mass is 361 g/mol. The summed E-state index contributed by atoms with van der Waals surface area (Å²) in [6.07, 6.45) is 10.8. The van der Waals surface area contributed by atoms with Crippen molar-refractivity contribution in [1.29, 1.82) is 0 Å². The molecule has 0 N–H and O–H groups in total. The highest BCUT2D eigenvalue weighted by Crippen LogP contribution is 2.43. The van der Waals surface area contributed by atoms with Crippen LogP contribution in [0, 0.1) is 5.41 Å². The van der Waals surface area contributed by atoms with Crippen LogP contribution >= 0.6 is 0 Å². The van der Waals surface area contributed by atoms with Gasteiger partial charge in [-0.3, -0.25) is 14.5 Å². The van der Waals surface area contributed by atoms with Gasteiger partial charge in [0.1, 0.15) is 5.54 Å². The maximum absolute atomic E-state index is 13.8. The largest absolute Gasteiger partial charge is 0.342 e. The van der Waals surface area contributed by atoms with Gasteiger partial charge >= 0.3 is 0 Å². The Hall–Kier alpha value is -1.10. The van der Waals surface area contributed by atoms with Crippen molar-refractivity contribution in [2.75, 3.05) is 39.3 Å². The van der Waals surface area contributed by atoms with E-state index >= 15 is 0 Å². The van der Waals surface area contributed by atoms with Gasteiger partial charge in [0.2, 0.25) is 11.8 Å². The molecule has 0 bridgehead atoms. The first-order chi connectivity index (χ1) is 12.6. The number of likely N-dealkylation sites (tertiary alicyclic amines) is 3. The van der Waals surface area contributed by atoms with Crippen LogP contribution in [0.1, 0.15) is 71.1 Å². The van der Waals surface area contributed by atoms with Gasteiger partial charge in [0.25, 0.3) is 0 Å². The van der Waals surface area contributed by atoms with E-state index in [4.69, 9.17) is 0 Å². The predicted molar refractivity (Wildman–Crippen MR) is 102 cm³/mol. The Balaban J connectivity index is 1.51. The molecular formula is C21H35N3O2. The molecule has 1 spiro atoms. The van der Waals surface area contributed by atoms with Crippen LogP contribution in [-0.4, -0.2) is 71.3 Å². The van der Waals surface area contributed by atoms with Crippen molar-refractivity contribution >= 4 is 11.8 Å². The summed E-state index contributed by atoms with van der Waals surface area (Å²) in [6.45, 7) is 7.70. The second-order valence-corrected chi connectivity index (χ2v) is 9.17. The number of nitrogens with zero attached hydrogens (tertiary/aromatic N) is 3. The molecule has 5 heteroatoms. The molecule has 3 saturated heterocycles. The van der Waals surface area contributed by atoms with Crippen LogP contribution in [0.4, 0.5) is 0 Å². The molecule has 1 atom stereocenters. The van der Waals surface area contributed by atoms with Crippen LogP contribution in [0.2, 0.25) is 0 Å². The average Bonchev–Trinajstić information content (AvgIpc) is 3.35. The van der Waals surface area contributed by atoms with Gasteiger partial charge < -0.3 is 9.80 Å². The number of carbonyl (C=O) groups is 2. The number of piperidine rings is 2. The SMILES string of the molecule is CCN1CC2(CCCN(C(=O)C3(N4CCCC4)CCCC3)C2)CCC1=O. The minimum atomic E-state index is -0.204. The zero-order valence-corrected chi connectivity index (χ0v) is 16.5. The van der Waals surface area contributed by atoms with E-state index in [1.807, 2.05) is 4.90 Å². The lowest BCUT2D eigenvalue weighted by Gasteiger charge is -2.50. The van der Waals surface area contributed by atoms with Crippen molar-refractivity contribution in [3.63, 3.8) is 0 Å². The van der Waals surface area contributed by atoms with Crippen molar-refractivity contribution in [1.82, 2.24) is 14.7 Å². The predicted octanol–water partition coefficient (Wildman–Crippen LogP) is 2.65. The van der Waals surface area contributed by atoms with E-state index in [2.05, 4.69) is 16.7 Å². The molecular weight excluding hydrogens is 326 g/mol. The second-order valence-electron chi connectivity index (χ2n) is 9.17. The van der Waals surface area contributed by atoms with E-state index in [1.165, 1.54) is 25.7 Å². The number of hydrogen-bond acceptors (Lipinski definition) is 3. The molecule has 5 nitrogen and oxygen atoms in total. The van der Waals surface area contributed by atoms with Crippen LogP contribution in [0.3, 0.4) is 0 Å². The molecule has 3 heterocycles. The number of carbonyl (C=O) groups excluding carboxylic acids is 2. The third kappa shape index (κ3) is 3.06. The van der Waals surface area contributed by atoms with Crippen LogP contribution in [0.25, 0.3) is 0 Å². The molecule has 2 amide bonds. The number of hydrogen-bond donors (Lipinski definition) is 0. The van der Waals surface area contributed by atoms with E-state index in [-0.39, 0.29) is 11.0 Å². The van der Waals surface area contributed by atoms with E-state index in [9.17, 15) is 9.59 Å². The van der Waals surface area contributed by atoms with Crippen LogP contribution in [-0.2, 0) is 9.59 Å². The van der Waals surface area contributed by atoms with E-state index in [1.54, 1.807) is 0 Å². The van der Waals surface area contributed by atoms with E-state index in [0.29, 0.717) is 18.2 Å². The minimum Gasteiger partial charge on any atom is -0.342 e. The lowest BCUT2D eigenvalue weighted by atomic mass is 9.73. The fourth-order valence-corrected chi connectivity index (χ4v) is 6.17. The fraction of sp³-hybridized carbons (Fsp3) is 0.905. The summed E-state index contributed by atoms with van der Waals surface area (Å²) in [4.78, 5) is 32.6. The van der Waals surface area contributed by atoms with Gasteiger partial charge in [0.05, 0.1) is 0 Å². The molecule has 146 valence electrons. The highest BCUT2D eigenvalue weighted by molar-refractivity contribution is 5.87. The third-order valence-corrected chi connectivity index (χ3v) is 7.62. The van der Waals surface area contributed by atoms with Crippen molar-refractivity contribution in [2.45, 2.75) is 76.7 Å². The molecule has 4 rings (SSSR count). The van der Waals surface area contributed by atoms with E-state index in [0.717, 1.165) is 71.4 Å². The molecule has 1 saturated carbocycles. The van der Waals surface area contributed by atoms with Gasteiger partial charge in [-0.25, -0.2) is 0 Å². The van der Waals surface area contributed by atoms with Gasteiger partial charge in [0, 0.05) is 38.0 Å². The topological polar surface area (TPSA) is 43.9 Å². The first-order valence-corrected chi connectivity index (χ1v) is 10.9. The van der Waals surface area contributed by atoms with Gasteiger partial charge in [0.15, 0.2) is 0 Å². The first kappa shape index (κ1) is 18.3. The Kier molecular flexibility index (Phi) is 5.02.